The van der Waals surface area contributed by atoms with Crippen molar-refractivity contribution in [3.63, 3.8) is 0 Å². The smallest absolute Gasteiger partial charge is 0.0879 e. The van der Waals surface area contributed by atoms with Crippen LogP contribution in [0.4, 0.5) is 5.69 Å². The number of anilines is 1. The van der Waals surface area contributed by atoms with E-state index in [0.29, 0.717) is 13.1 Å². The van der Waals surface area contributed by atoms with Crippen molar-refractivity contribution in [1.82, 2.24) is 0 Å². The summed E-state index contributed by atoms with van der Waals surface area (Å²) in [4.78, 5) is 5.80. The zero-order chi connectivity index (χ0) is 11.3. The number of nitrogens with two attached hydrogens (primary N) is 1. The second kappa shape index (κ2) is 5.14. The highest BCUT2D eigenvalue weighted by atomic mass is 16.7. The second-order valence-corrected chi connectivity index (χ2v) is 4.35. The second-order valence-electron chi connectivity index (χ2n) is 4.35. The molecule has 15 heavy (non-hydrogen) atoms. The van der Waals surface area contributed by atoms with E-state index in [2.05, 4.69) is 6.07 Å². The van der Waals surface area contributed by atoms with Gasteiger partial charge in [0.1, 0.15) is 0 Å². The number of benzene rings is 1. The zero-order valence-corrected chi connectivity index (χ0v) is 9.66. The maximum atomic E-state index is 5.80. The Morgan fingerprint density at radius 1 is 1.33 bits per heavy atom. The summed E-state index contributed by atoms with van der Waals surface area (Å²) in [6.07, 6.45) is 0. The maximum absolute atomic E-state index is 5.80. The minimum Gasteiger partial charge on any atom is -0.329 e. The topological polar surface area (TPSA) is 38.5 Å². The van der Waals surface area contributed by atoms with Crippen LogP contribution in [0.3, 0.4) is 0 Å². The average Bonchev–Trinajstić information content (AvgIpc) is 2.17. The van der Waals surface area contributed by atoms with Crippen LogP contribution in [-0.4, -0.2) is 18.7 Å². The highest BCUT2D eigenvalue weighted by molar-refractivity contribution is 5.43. The van der Waals surface area contributed by atoms with Crippen molar-refractivity contribution in [2.45, 2.75) is 26.4 Å². The Hall–Kier alpha value is -1.06. The monoisotopic (exact) mass is 207 g/mol. The lowest BCUT2D eigenvalue weighted by Gasteiger charge is -2.31. The molecule has 1 aromatic rings. The lowest BCUT2D eigenvalue weighted by atomic mass is 10.2. The van der Waals surface area contributed by atoms with Gasteiger partial charge >= 0.3 is 0 Å². The first-order valence-corrected chi connectivity index (χ1v) is 5.16. The third kappa shape index (κ3) is 4.32. The zero-order valence-electron chi connectivity index (χ0n) is 9.66. The molecular formula is C12H19N2O. The molecule has 2 N–H and O–H groups in total. The Morgan fingerprint density at radius 3 is 2.40 bits per heavy atom. The molecule has 0 fully saturated rings. The van der Waals surface area contributed by atoms with Crippen molar-refractivity contribution < 1.29 is 4.84 Å². The summed E-state index contributed by atoms with van der Waals surface area (Å²) in [5.74, 6) is 0. The molecule has 0 aliphatic rings. The van der Waals surface area contributed by atoms with Gasteiger partial charge in [0, 0.05) is 6.54 Å². The van der Waals surface area contributed by atoms with Crippen LogP contribution >= 0.6 is 0 Å². The molecule has 1 aromatic carbocycles. The van der Waals surface area contributed by atoms with Crippen molar-refractivity contribution in [2.24, 2.45) is 5.73 Å². The van der Waals surface area contributed by atoms with Crippen LogP contribution in [-0.2, 0) is 4.84 Å². The quantitative estimate of drug-likeness (QED) is 0.767. The molecule has 0 heterocycles. The number of rotatable bonds is 4. The Kier molecular flexibility index (Phi) is 4.12. The minimum atomic E-state index is -0.214. The first-order valence-electron chi connectivity index (χ1n) is 5.16. The average molecular weight is 207 g/mol. The van der Waals surface area contributed by atoms with Gasteiger partial charge in [-0.15, -0.1) is 0 Å². The normalized spacial score (nSPS) is 11.5. The fraction of sp³-hybridized carbons (Fsp3) is 0.500. The first kappa shape index (κ1) is 12.0. The standard InChI is InChI=1S/C12H19N2O/c1-12(2,3)15-14(10-9-13)11-7-5-4-6-8-11/h5-8H,9-10,13H2,1-3H3. The van der Waals surface area contributed by atoms with Gasteiger partial charge in [-0.3, -0.25) is 9.90 Å². The number of hydrogen-bond donors (Lipinski definition) is 1. The summed E-state index contributed by atoms with van der Waals surface area (Å²) in [6.45, 7) is 7.30. The van der Waals surface area contributed by atoms with E-state index in [1.807, 2.05) is 50.1 Å². The van der Waals surface area contributed by atoms with E-state index in [1.165, 1.54) is 0 Å². The van der Waals surface area contributed by atoms with Crippen LogP contribution in [0.2, 0.25) is 0 Å². The molecule has 1 rings (SSSR count). The van der Waals surface area contributed by atoms with Gasteiger partial charge < -0.3 is 5.73 Å². The van der Waals surface area contributed by atoms with Crippen molar-refractivity contribution in [1.29, 1.82) is 0 Å². The van der Waals surface area contributed by atoms with Gasteiger partial charge in [-0.05, 0) is 39.0 Å². The van der Waals surface area contributed by atoms with Crippen LogP contribution in [0, 0.1) is 6.07 Å². The third-order valence-corrected chi connectivity index (χ3v) is 1.70. The molecule has 0 spiro atoms. The molecule has 0 atom stereocenters. The van der Waals surface area contributed by atoms with Gasteiger partial charge in [0.15, 0.2) is 0 Å². The van der Waals surface area contributed by atoms with Crippen molar-refractivity contribution in [2.75, 3.05) is 18.2 Å². The lowest BCUT2D eigenvalue weighted by Crippen LogP contribution is -2.37. The van der Waals surface area contributed by atoms with E-state index in [0.717, 1.165) is 5.69 Å². The Balaban J connectivity index is 2.75. The molecule has 83 valence electrons. The molecule has 0 unspecified atom stereocenters. The third-order valence-electron chi connectivity index (χ3n) is 1.70. The van der Waals surface area contributed by atoms with Gasteiger partial charge in [-0.2, -0.15) is 0 Å². The van der Waals surface area contributed by atoms with Gasteiger partial charge in [0.25, 0.3) is 0 Å². The number of hydroxylamine groups is 1. The van der Waals surface area contributed by atoms with E-state index in [9.17, 15) is 0 Å². The van der Waals surface area contributed by atoms with Gasteiger partial charge in [0.2, 0.25) is 0 Å². The number of nitrogens with zero attached hydrogens (tertiary/aromatic N) is 1. The van der Waals surface area contributed by atoms with Crippen LogP contribution < -0.4 is 10.8 Å². The van der Waals surface area contributed by atoms with Crippen molar-refractivity contribution >= 4 is 5.69 Å². The molecule has 3 nitrogen and oxygen atoms in total. The van der Waals surface area contributed by atoms with Crippen molar-refractivity contribution in [3.05, 3.63) is 30.3 Å². The van der Waals surface area contributed by atoms with Crippen LogP contribution in [0.15, 0.2) is 24.3 Å². The molecule has 0 saturated carbocycles. The van der Waals surface area contributed by atoms with Gasteiger partial charge in [0.05, 0.1) is 17.8 Å². The molecule has 3 heteroatoms. The summed E-state index contributed by atoms with van der Waals surface area (Å²) in [6, 6.07) is 10.6. The molecule has 0 aromatic heterocycles. The predicted octanol–water partition coefficient (Wildman–Crippen LogP) is 1.98. The Labute approximate surface area is 91.8 Å². The molecular weight excluding hydrogens is 188 g/mol. The fourth-order valence-electron chi connectivity index (χ4n) is 1.22. The van der Waals surface area contributed by atoms with Crippen molar-refractivity contribution in [3.8, 4) is 0 Å². The highest BCUT2D eigenvalue weighted by Gasteiger charge is 2.16. The fourth-order valence-corrected chi connectivity index (χ4v) is 1.22. The maximum Gasteiger partial charge on any atom is 0.0879 e. The van der Waals surface area contributed by atoms with E-state index in [-0.39, 0.29) is 5.60 Å². The lowest BCUT2D eigenvalue weighted by molar-refractivity contribution is -0.0201. The predicted molar refractivity (Wildman–Crippen MR) is 62.5 cm³/mol. The summed E-state index contributed by atoms with van der Waals surface area (Å²) in [7, 11) is 0. The molecule has 0 aliphatic heterocycles. The van der Waals surface area contributed by atoms with E-state index in [1.54, 1.807) is 0 Å². The molecule has 0 aliphatic carbocycles. The molecule has 0 bridgehead atoms. The van der Waals surface area contributed by atoms with Crippen LogP contribution in [0.1, 0.15) is 20.8 Å². The summed E-state index contributed by atoms with van der Waals surface area (Å²) in [5, 5.41) is 1.83. The summed E-state index contributed by atoms with van der Waals surface area (Å²) in [5.41, 5.74) is 6.35. The van der Waals surface area contributed by atoms with E-state index >= 15 is 0 Å². The summed E-state index contributed by atoms with van der Waals surface area (Å²) < 4.78 is 0. The van der Waals surface area contributed by atoms with E-state index in [4.69, 9.17) is 10.6 Å². The molecule has 1 radical (unpaired) electrons. The molecule has 0 saturated heterocycles. The summed E-state index contributed by atoms with van der Waals surface area (Å²) >= 11 is 0. The van der Waals surface area contributed by atoms with Gasteiger partial charge in [-0.1, -0.05) is 12.1 Å². The first-order chi connectivity index (χ1) is 7.03. The minimum absolute atomic E-state index is 0.214. The van der Waals surface area contributed by atoms with Crippen LogP contribution in [0.5, 0.6) is 0 Å². The SMILES string of the molecule is CC(C)(C)ON(CCN)c1cc[c]cc1. The largest absolute Gasteiger partial charge is 0.329 e. The Bertz CT molecular complexity index is 279. The number of hydrogen-bond acceptors (Lipinski definition) is 3. The van der Waals surface area contributed by atoms with E-state index < -0.39 is 0 Å². The highest BCUT2D eigenvalue weighted by Crippen LogP contribution is 2.18. The Morgan fingerprint density at radius 2 is 1.93 bits per heavy atom. The van der Waals surface area contributed by atoms with Crippen LogP contribution in [0.25, 0.3) is 0 Å². The molecule has 0 amide bonds. The van der Waals surface area contributed by atoms with Gasteiger partial charge in [-0.25, -0.2) is 0 Å².